The number of fused-ring (bicyclic) bond motifs is 3. The zero-order valence-electron chi connectivity index (χ0n) is 19.7. The summed E-state index contributed by atoms with van der Waals surface area (Å²) in [7, 11) is 0. The highest BCUT2D eigenvalue weighted by Crippen LogP contribution is 2.39. The van der Waals surface area contributed by atoms with E-state index in [1.54, 1.807) is 17.4 Å². The Bertz CT molecular complexity index is 1480. The van der Waals surface area contributed by atoms with E-state index >= 15 is 0 Å². The van der Waals surface area contributed by atoms with Crippen LogP contribution in [0, 0.1) is 27.7 Å². The lowest BCUT2D eigenvalue weighted by molar-refractivity contribution is -0.121. The van der Waals surface area contributed by atoms with Gasteiger partial charge in [0.2, 0.25) is 5.91 Å². The van der Waals surface area contributed by atoms with Crippen LogP contribution in [0.15, 0.2) is 50.9 Å². The first-order valence-corrected chi connectivity index (χ1v) is 12.3. The molecule has 1 aromatic carbocycles. The Morgan fingerprint density at radius 2 is 1.94 bits per heavy atom. The molecule has 1 amide bonds. The topological polar surface area (TPSA) is 97.7 Å². The Balaban J connectivity index is 1.54. The van der Waals surface area contributed by atoms with Crippen molar-refractivity contribution in [1.82, 2.24) is 20.2 Å². The molecule has 4 heterocycles. The summed E-state index contributed by atoms with van der Waals surface area (Å²) in [5, 5.41) is 14.4. The van der Waals surface area contributed by atoms with Gasteiger partial charge in [0.15, 0.2) is 5.82 Å². The highest BCUT2D eigenvalue weighted by atomic mass is 35.5. The average molecular weight is 507 g/mol. The highest BCUT2D eigenvalue weighted by Gasteiger charge is 2.32. The van der Waals surface area contributed by atoms with Crippen molar-refractivity contribution in [2.24, 2.45) is 10.1 Å². The van der Waals surface area contributed by atoms with E-state index in [-0.39, 0.29) is 12.3 Å². The molecule has 0 bridgehead atoms. The van der Waals surface area contributed by atoms with Crippen LogP contribution in [0.4, 0.5) is 0 Å². The Labute approximate surface area is 211 Å². The monoisotopic (exact) mass is 506 g/mol. The first kappa shape index (κ1) is 23.2. The third-order valence-corrected chi connectivity index (χ3v) is 7.32. The van der Waals surface area contributed by atoms with E-state index in [2.05, 4.69) is 34.6 Å². The Morgan fingerprint density at radius 3 is 2.66 bits per heavy atom. The number of rotatable bonds is 5. The third kappa shape index (κ3) is 4.44. The molecular formula is C25H23ClN6O2S. The minimum Gasteiger partial charge on any atom is -0.460 e. The molecule has 0 saturated heterocycles. The number of hydrogen-bond donors (Lipinski definition) is 1. The van der Waals surface area contributed by atoms with E-state index in [9.17, 15) is 4.79 Å². The smallest absolute Gasteiger partial charge is 0.242 e. The fraction of sp³-hybridized carbons (Fsp3) is 0.240. The highest BCUT2D eigenvalue weighted by molar-refractivity contribution is 7.15. The largest absolute Gasteiger partial charge is 0.460 e. The second-order valence-corrected chi connectivity index (χ2v) is 9.99. The maximum absolute atomic E-state index is 12.9. The Kier molecular flexibility index (Phi) is 6.12. The maximum atomic E-state index is 12.9. The van der Waals surface area contributed by atoms with E-state index in [0.717, 1.165) is 39.0 Å². The van der Waals surface area contributed by atoms with Crippen LogP contribution in [0.5, 0.6) is 0 Å². The Hall–Kier alpha value is -3.56. The van der Waals surface area contributed by atoms with Crippen LogP contribution in [-0.4, -0.2) is 32.6 Å². The number of furan rings is 1. The number of nitrogens with one attached hydrogen (secondary N) is 1. The normalized spacial score (nSPS) is 15.0. The van der Waals surface area contributed by atoms with Crippen molar-refractivity contribution in [3.63, 3.8) is 0 Å². The summed E-state index contributed by atoms with van der Waals surface area (Å²) in [4.78, 5) is 19.1. The summed E-state index contributed by atoms with van der Waals surface area (Å²) in [5.41, 5.74) is 6.46. The molecule has 0 fully saturated rings. The molecule has 1 N–H and O–H groups in total. The standard InChI is InChI=1S/C25H23ClN6O2S/c1-13-5-10-19(34-13)12-27-30-21(33)11-20-24-31-29-16(4)32(24)25-22(14(2)15(3)35-25)23(28-20)17-6-8-18(26)9-7-17/h5-10,12,20H,11H2,1-4H3,(H,30,33)/b27-12+. The maximum Gasteiger partial charge on any atom is 0.242 e. The van der Waals surface area contributed by atoms with Crippen molar-refractivity contribution in [1.29, 1.82) is 0 Å². The molecule has 1 atom stereocenters. The van der Waals surface area contributed by atoms with Gasteiger partial charge in [0.1, 0.15) is 28.4 Å². The molecule has 4 aromatic rings. The number of aliphatic imine (C=N–C) groups is 1. The predicted molar refractivity (Wildman–Crippen MR) is 137 cm³/mol. The van der Waals surface area contributed by atoms with Crippen molar-refractivity contribution in [3.8, 4) is 5.00 Å². The molecule has 8 nitrogen and oxygen atoms in total. The zero-order valence-corrected chi connectivity index (χ0v) is 21.2. The summed E-state index contributed by atoms with van der Waals surface area (Å²) in [6.45, 7) is 7.94. The molecule has 0 aliphatic carbocycles. The fourth-order valence-electron chi connectivity index (χ4n) is 4.04. The summed E-state index contributed by atoms with van der Waals surface area (Å²) in [6, 6.07) is 10.6. The first-order chi connectivity index (χ1) is 16.8. The molecule has 10 heteroatoms. The third-order valence-electron chi connectivity index (χ3n) is 5.88. The number of carbonyl (C=O) groups excluding carboxylic acids is 1. The van der Waals surface area contributed by atoms with Crippen LogP contribution in [-0.2, 0) is 4.79 Å². The molecule has 35 heavy (non-hydrogen) atoms. The minimum absolute atomic E-state index is 0.0523. The number of hydrogen-bond acceptors (Lipinski definition) is 7. The lowest BCUT2D eigenvalue weighted by Crippen LogP contribution is -2.21. The van der Waals surface area contributed by atoms with Crippen molar-refractivity contribution in [2.75, 3.05) is 0 Å². The molecule has 0 spiro atoms. The molecule has 1 aliphatic heterocycles. The van der Waals surface area contributed by atoms with Crippen LogP contribution < -0.4 is 5.43 Å². The molecule has 178 valence electrons. The number of nitrogens with zero attached hydrogens (tertiary/aromatic N) is 5. The molecule has 3 aromatic heterocycles. The summed E-state index contributed by atoms with van der Waals surface area (Å²) in [5.74, 6) is 2.40. The van der Waals surface area contributed by atoms with Crippen LogP contribution in [0.1, 0.15) is 57.2 Å². The van der Waals surface area contributed by atoms with E-state index in [1.165, 1.54) is 11.1 Å². The van der Waals surface area contributed by atoms with Crippen molar-refractivity contribution >= 4 is 40.8 Å². The van der Waals surface area contributed by atoms with Crippen LogP contribution in [0.2, 0.25) is 5.02 Å². The number of thiophene rings is 1. The second-order valence-electron chi connectivity index (χ2n) is 8.35. The molecule has 1 unspecified atom stereocenters. The average Bonchev–Trinajstić information content (AvgIpc) is 3.47. The minimum atomic E-state index is -0.553. The van der Waals surface area contributed by atoms with Gasteiger partial charge in [-0.05, 0) is 57.5 Å². The van der Waals surface area contributed by atoms with Gasteiger partial charge in [0.25, 0.3) is 0 Å². The number of carbonyl (C=O) groups is 1. The predicted octanol–water partition coefficient (Wildman–Crippen LogP) is 5.24. The van der Waals surface area contributed by atoms with E-state index in [4.69, 9.17) is 21.0 Å². The molecule has 0 saturated carbocycles. The lowest BCUT2D eigenvalue weighted by atomic mass is 9.99. The van der Waals surface area contributed by atoms with Gasteiger partial charge in [-0.1, -0.05) is 23.7 Å². The summed E-state index contributed by atoms with van der Waals surface area (Å²) in [6.07, 6.45) is 1.52. The van der Waals surface area contributed by atoms with Crippen LogP contribution in [0.25, 0.3) is 5.00 Å². The fourth-order valence-corrected chi connectivity index (χ4v) is 5.38. The van der Waals surface area contributed by atoms with Gasteiger partial charge in [-0.15, -0.1) is 21.5 Å². The van der Waals surface area contributed by atoms with Crippen LogP contribution >= 0.6 is 22.9 Å². The van der Waals surface area contributed by atoms with Gasteiger partial charge in [0, 0.05) is 21.0 Å². The van der Waals surface area contributed by atoms with Gasteiger partial charge in [-0.25, -0.2) is 5.43 Å². The summed E-state index contributed by atoms with van der Waals surface area (Å²) >= 11 is 7.82. The van der Waals surface area contributed by atoms with Gasteiger partial charge < -0.3 is 4.42 Å². The summed E-state index contributed by atoms with van der Waals surface area (Å²) < 4.78 is 7.46. The zero-order chi connectivity index (χ0) is 24.7. The SMILES string of the molecule is Cc1ccc(/C=N/NC(=O)CC2N=C(c3ccc(Cl)cc3)c3c(sc(C)c3C)-n3c(C)nnc32)o1. The molecule has 5 rings (SSSR count). The van der Waals surface area contributed by atoms with Gasteiger partial charge >= 0.3 is 0 Å². The molecular weight excluding hydrogens is 484 g/mol. The quantitative estimate of drug-likeness (QED) is 0.295. The van der Waals surface area contributed by atoms with Gasteiger partial charge in [0.05, 0.1) is 18.3 Å². The first-order valence-electron chi connectivity index (χ1n) is 11.1. The number of hydrazone groups is 1. The van der Waals surface area contributed by atoms with E-state index < -0.39 is 6.04 Å². The van der Waals surface area contributed by atoms with Gasteiger partial charge in [-0.2, -0.15) is 5.10 Å². The second kappa shape index (κ2) is 9.24. The number of benzene rings is 1. The van der Waals surface area contributed by atoms with Crippen LogP contribution in [0.3, 0.4) is 0 Å². The Morgan fingerprint density at radius 1 is 1.17 bits per heavy atom. The molecule has 0 radical (unpaired) electrons. The van der Waals surface area contributed by atoms with Crippen molar-refractivity contribution in [3.05, 3.63) is 86.2 Å². The number of aromatic nitrogens is 3. The van der Waals surface area contributed by atoms with Crippen molar-refractivity contribution in [2.45, 2.75) is 40.2 Å². The molecule has 1 aliphatic rings. The van der Waals surface area contributed by atoms with E-state index in [0.29, 0.717) is 16.6 Å². The lowest BCUT2D eigenvalue weighted by Gasteiger charge is -2.12. The van der Waals surface area contributed by atoms with Gasteiger partial charge in [-0.3, -0.25) is 14.4 Å². The van der Waals surface area contributed by atoms with E-state index in [1.807, 2.05) is 48.7 Å². The number of aryl methyl sites for hydroxylation is 3. The number of amides is 1. The number of halogens is 1. The van der Waals surface area contributed by atoms with Crippen molar-refractivity contribution < 1.29 is 9.21 Å².